The van der Waals surface area contributed by atoms with E-state index in [1.807, 2.05) is 6.07 Å². The highest BCUT2D eigenvalue weighted by Crippen LogP contribution is 2.28. The second kappa shape index (κ2) is 6.01. The predicted molar refractivity (Wildman–Crippen MR) is 93.6 cm³/mol. The minimum absolute atomic E-state index is 0.567. The predicted octanol–water partition coefficient (Wildman–Crippen LogP) is 3.69. The largest absolute Gasteiger partial charge is 0.490 e. The van der Waals surface area contributed by atoms with Gasteiger partial charge < -0.3 is 10.1 Å². The fourth-order valence-corrected chi connectivity index (χ4v) is 3.28. The molecule has 0 bridgehead atoms. The summed E-state index contributed by atoms with van der Waals surface area (Å²) in [5.41, 5.74) is 7.03. The van der Waals surface area contributed by atoms with Crippen LogP contribution in [0.15, 0.2) is 65.0 Å². The smallest absolute Gasteiger partial charge is 0.130 e. The van der Waals surface area contributed by atoms with Crippen molar-refractivity contribution in [2.24, 2.45) is 4.99 Å². The van der Waals surface area contributed by atoms with Gasteiger partial charge in [-0.1, -0.05) is 48.5 Å². The molecule has 116 valence electrons. The van der Waals surface area contributed by atoms with E-state index in [-0.39, 0.29) is 0 Å². The molecule has 4 rings (SSSR count). The highest BCUT2D eigenvalue weighted by molar-refractivity contribution is 6.05. The van der Waals surface area contributed by atoms with Crippen molar-refractivity contribution in [2.45, 2.75) is 13.3 Å². The van der Waals surface area contributed by atoms with E-state index in [0.717, 1.165) is 36.7 Å². The number of benzene rings is 2. The Bertz CT molecular complexity index is 791. The van der Waals surface area contributed by atoms with Gasteiger partial charge in [0.25, 0.3) is 0 Å². The fraction of sp³-hybridized carbons (Fsp3) is 0.250. The van der Waals surface area contributed by atoms with Crippen LogP contribution in [0.2, 0.25) is 0 Å². The van der Waals surface area contributed by atoms with Crippen LogP contribution in [-0.4, -0.2) is 25.4 Å². The molecule has 2 heterocycles. The first-order chi connectivity index (χ1) is 11.3. The minimum Gasteiger partial charge on any atom is -0.490 e. The Morgan fingerprint density at radius 3 is 2.70 bits per heavy atom. The van der Waals surface area contributed by atoms with Crippen LogP contribution in [0.4, 0.5) is 0 Å². The van der Waals surface area contributed by atoms with E-state index < -0.39 is 0 Å². The molecule has 2 aliphatic heterocycles. The topological polar surface area (TPSA) is 33.6 Å². The van der Waals surface area contributed by atoms with E-state index in [9.17, 15) is 0 Å². The zero-order valence-corrected chi connectivity index (χ0v) is 13.3. The summed E-state index contributed by atoms with van der Waals surface area (Å²) in [6, 6.07) is 16.9. The Morgan fingerprint density at radius 2 is 1.83 bits per heavy atom. The van der Waals surface area contributed by atoms with Gasteiger partial charge in [-0.15, -0.1) is 0 Å². The lowest BCUT2D eigenvalue weighted by atomic mass is 9.94. The van der Waals surface area contributed by atoms with Crippen molar-refractivity contribution >= 4 is 5.71 Å². The standard InChI is InChI=1S/C20H20N2O/c1-14-16(15-6-3-2-4-7-15)8-5-9-17(14)19-13-23-20-10-11-21-12-18(20)22-19/h2-9,21H,10-13H2,1H3. The molecule has 23 heavy (non-hydrogen) atoms. The van der Waals surface area contributed by atoms with Gasteiger partial charge >= 0.3 is 0 Å². The Labute approximate surface area is 136 Å². The Kier molecular flexibility index (Phi) is 3.72. The van der Waals surface area contributed by atoms with Crippen LogP contribution in [-0.2, 0) is 4.74 Å². The zero-order valence-electron chi connectivity index (χ0n) is 13.3. The number of nitrogens with one attached hydrogen (secondary N) is 1. The van der Waals surface area contributed by atoms with Crippen molar-refractivity contribution in [2.75, 3.05) is 19.7 Å². The molecule has 0 aliphatic carbocycles. The molecule has 0 fully saturated rings. The summed E-state index contributed by atoms with van der Waals surface area (Å²) in [5.74, 6) is 1.06. The quantitative estimate of drug-likeness (QED) is 0.918. The molecule has 0 radical (unpaired) electrons. The van der Waals surface area contributed by atoms with Crippen LogP contribution in [0.3, 0.4) is 0 Å². The summed E-state index contributed by atoms with van der Waals surface area (Å²) in [7, 11) is 0. The molecule has 3 heteroatoms. The molecule has 2 aromatic carbocycles. The highest BCUT2D eigenvalue weighted by atomic mass is 16.5. The lowest BCUT2D eigenvalue weighted by molar-refractivity contribution is 0.228. The number of nitrogens with zero attached hydrogens (tertiary/aromatic N) is 1. The van der Waals surface area contributed by atoms with Gasteiger partial charge in [0.1, 0.15) is 12.4 Å². The molecule has 0 saturated heterocycles. The summed E-state index contributed by atoms with van der Waals surface area (Å²) in [5, 5.41) is 3.36. The first kappa shape index (κ1) is 14.2. The molecular formula is C20H20N2O. The minimum atomic E-state index is 0.567. The summed E-state index contributed by atoms with van der Waals surface area (Å²) < 4.78 is 5.96. The maximum Gasteiger partial charge on any atom is 0.130 e. The number of rotatable bonds is 2. The number of ether oxygens (including phenoxy) is 1. The van der Waals surface area contributed by atoms with Crippen LogP contribution in [0.25, 0.3) is 11.1 Å². The summed E-state index contributed by atoms with van der Waals surface area (Å²) in [6.45, 7) is 4.52. The highest BCUT2D eigenvalue weighted by Gasteiger charge is 2.21. The third kappa shape index (κ3) is 2.68. The monoisotopic (exact) mass is 304 g/mol. The third-order valence-corrected chi connectivity index (χ3v) is 4.53. The molecule has 2 aliphatic rings. The molecule has 0 saturated carbocycles. The van der Waals surface area contributed by atoms with Crippen LogP contribution in [0, 0.1) is 6.92 Å². The molecule has 0 unspecified atom stereocenters. The average molecular weight is 304 g/mol. The summed E-state index contributed by atoms with van der Waals surface area (Å²) in [4.78, 5) is 4.88. The van der Waals surface area contributed by atoms with Crippen LogP contribution in [0.5, 0.6) is 0 Å². The average Bonchev–Trinajstić information content (AvgIpc) is 2.62. The van der Waals surface area contributed by atoms with Crippen LogP contribution >= 0.6 is 0 Å². The van der Waals surface area contributed by atoms with E-state index in [1.165, 1.54) is 22.3 Å². The Hall–Kier alpha value is -2.39. The molecule has 0 atom stereocenters. The van der Waals surface area contributed by atoms with Crippen LogP contribution in [0.1, 0.15) is 17.5 Å². The van der Waals surface area contributed by atoms with Gasteiger partial charge in [-0.3, -0.25) is 0 Å². The van der Waals surface area contributed by atoms with Gasteiger partial charge in [0.2, 0.25) is 0 Å². The Balaban J connectivity index is 1.76. The number of aliphatic imine (C=N–C) groups is 1. The fourth-order valence-electron chi connectivity index (χ4n) is 3.28. The van der Waals surface area contributed by atoms with Gasteiger partial charge in [0, 0.05) is 25.1 Å². The number of hydrogen-bond donors (Lipinski definition) is 1. The molecular weight excluding hydrogens is 284 g/mol. The SMILES string of the molecule is Cc1c(C2=NC3=C(CCNC3)OC2)cccc1-c1ccccc1. The van der Waals surface area contributed by atoms with Crippen molar-refractivity contribution < 1.29 is 4.74 Å². The van der Waals surface area contributed by atoms with E-state index in [2.05, 4.69) is 54.7 Å². The maximum absolute atomic E-state index is 5.96. The third-order valence-electron chi connectivity index (χ3n) is 4.53. The normalized spacial score (nSPS) is 17.3. The van der Waals surface area contributed by atoms with Gasteiger partial charge in [-0.05, 0) is 23.6 Å². The molecule has 3 nitrogen and oxygen atoms in total. The molecule has 1 N–H and O–H groups in total. The van der Waals surface area contributed by atoms with E-state index in [1.54, 1.807) is 0 Å². The second-order valence-electron chi connectivity index (χ2n) is 5.99. The summed E-state index contributed by atoms with van der Waals surface area (Å²) >= 11 is 0. The van der Waals surface area contributed by atoms with Crippen molar-refractivity contribution in [3.63, 3.8) is 0 Å². The van der Waals surface area contributed by atoms with Crippen molar-refractivity contribution in [3.05, 3.63) is 71.1 Å². The van der Waals surface area contributed by atoms with E-state index >= 15 is 0 Å². The molecule has 2 aromatic rings. The van der Waals surface area contributed by atoms with E-state index in [0.29, 0.717) is 6.61 Å². The summed E-state index contributed by atoms with van der Waals surface area (Å²) in [6.07, 6.45) is 0.940. The molecule has 0 spiro atoms. The van der Waals surface area contributed by atoms with Crippen molar-refractivity contribution in [3.8, 4) is 11.1 Å². The second-order valence-corrected chi connectivity index (χ2v) is 5.99. The molecule has 0 amide bonds. The first-order valence-electron chi connectivity index (χ1n) is 8.11. The molecule has 0 aromatic heterocycles. The van der Waals surface area contributed by atoms with Gasteiger partial charge in [-0.25, -0.2) is 4.99 Å². The van der Waals surface area contributed by atoms with Gasteiger partial charge in [-0.2, -0.15) is 0 Å². The Morgan fingerprint density at radius 1 is 1.00 bits per heavy atom. The maximum atomic E-state index is 5.96. The number of hydrogen-bond acceptors (Lipinski definition) is 3. The van der Waals surface area contributed by atoms with Crippen molar-refractivity contribution in [1.29, 1.82) is 0 Å². The zero-order chi connectivity index (χ0) is 15.6. The first-order valence-corrected chi connectivity index (χ1v) is 8.11. The lowest BCUT2D eigenvalue weighted by Gasteiger charge is -2.25. The lowest BCUT2D eigenvalue weighted by Crippen LogP contribution is -2.29. The van der Waals surface area contributed by atoms with Gasteiger partial charge in [0.05, 0.1) is 11.4 Å². The van der Waals surface area contributed by atoms with Gasteiger partial charge in [0.15, 0.2) is 0 Å². The van der Waals surface area contributed by atoms with Crippen LogP contribution < -0.4 is 5.32 Å². The van der Waals surface area contributed by atoms with Crippen molar-refractivity contribution in [1.82, 2.24) is 5.32 Å². The van der Waals surface area contributed by atoms with E-state index in [4.69, 9.17) is 9.73 Å².